The van der Waals surface area contributed by atoms with Crippen molar-refractivity contribution in [2.24, 2.45) is 5.10 Å². The number of ether oxygens (including phenoxy) is 1. The van der Waals surface area contributed by atoms with Crippen LogP contribution in [0.5, 0.6) is 5.75 Å². The van der Waals surface area contributed by atoms with E-state index >= 15 is 0 Å². The number of hydrogen-bond donors (Lipinski definition) is 2. The van der Waals surface area contributed by atoms with Gasteiger partial charge in [-0.25, -0.2) is 5.43 Å². The number of benzene rings is 2. The standard InChI is InChI=1S/C21H17BrClN3O3S/c1-2-9-29-14-7-8-16(22)13(10-14)11-25-26-18(27)12-24-21(28)20-19(23)15-5-3-4-6-17(15)30-20/h2-8,10-11H,1,9,12H2,(H,24,28)(H,26,27). The molecule has 0 fully saturated rings. The summed E-state index contributed by atoms with van der Waals surface area (Å²) in [5, 5.41) is 7.67. The van der Waals surface area contributed by atoms with Crippen molar-refractivity contribution in [1.82, 2.24) is 10.7 Å². The summed E-state index contributed by atoms with van der Waals surface area (Å²) < 4.78 is 7.17. The lowest BCUT2D eigenvalue weighted by atomic mass is 10.2. The Labute approximate surface area is 190 Å². The van der Waals surface area contributed by atoms with Gasteiger partial charge in [-0.05, 0) is 24.3 Å². The molecule has 2 N–H and O–H groups in total. The maximum Gasteiger partial charge on any atom is 0.263 e. The molecule has 0 saturated carbocycles. The van der Waals surface area contributed by atoms with Crippen LogP contribution in [0, 0.1) is 0 Å². The number of carbonyl (C=O) groups excluding carboxylic acids is 2. The molecule has 9 heteroatoms. The van der Waals surface area contributed by atoms with Crippen LogP contribution in [0.25, 0.3) is 10.1 Å². The van der Waals surface area contributed by atoms with Crippen molar-refractivity contribution in [2.45, 2.75) is 0 Å². The largest absolute Gasteiger partial charge is 0.490 e. The lowest BCUT2D eigenvalue weighted by Gasteiger charge is -2.06. The van der Waals surface area contributed by atoms with Gasteiger partial charge < -0.3 is 10.1 Å². The van der Waals surface area contributed by atoms with Gasteiger partial charge in [0.2, 0.25) is 0 Å². The normalized spacial score (nSPS) is 10.9. The van der Waals surface area contributed by atoms with Crippen LogP contribution in [0.3, 0.4) is 0 Å². The van der Waals surface area contributed by atoms with Crippen LogP contribution in [0.2, 0.25) is 5.02 Å². The first kappa shape index (κ1) is 22.0. The highest BCUT2D eigenvalue weighted by Crippen LogP contribution is 2.34. The molecule has 0 atom stereocenters. The zero-order valence-electron chi connectivity index (χ0n) is 15.7. The van der Waals surface area contributed by atoms with Gasteiger partial charge in [0, 0.05) is 20.1 Å². The third-order valence-corrected chi connectivity index (χ3v) is 6.28. The number of hydrogen-bond acceptors (Lipinski definition) is 5. The molecular formula is C21H17BrClN3O3S. The van der Waals surface area contributed by atoms with Crippen molar-refractivity contribution >= 4 is 67.0 Å². The summed E-state index contributed by atoms with van der Waals surface area (Å²) in [5.41, 5.74) is 3.10. The molecule has 2 amide bonds. The van der Waals surface area contributed by atoms with E-state index in [1.54, 1.807) is 18.2 Å². The van der Waals surface area contributed by atoms with Crippen LogP contribution in [0.4, 0.5) is 0 Å². The highest BCUT2D eigenvalue weighted by molar-refractivity contribution is 9.10. The minimum atomic E-state index is -0.466. The van der Waals surface area contributed by atoms with E-state index in [4.69, 9.17) is 16.3 Å². The van der Waals surface area contributed by atoms with Crippen LogP contribution >= 0.6 is 38.9 Å². The van der Waals surface area contributed by atoms with E-state index < -0.39 is 11.8 Å². The fourth-order valence-electron chi connectivity index (χ4n) is 2.48. The number of hydrazone groups is 1. The van der Waals surface area contributed by atoms with Crippen LogP contribution in [0.15, 0.2) is 64.7 Å². The lowest BCUT2D eigenvalue weighted by Crippen LogP contribution is -2.34. The number of fused-ring (bicyclic) bond motifs is 1. The summed E-state index contributed by atoms with van der Waals surface area (Å²) in [7, 11) is 0. The molecule has 0 aliphatic carbocycles. The number of halogens is 2. The Bertz CT molecular complexity index is 1130. The highest BCUT2D eigenvalue weighted by atomic mass is 79.9. The molecule has 0 spiro atoms. The number of rotatable bonds is 8. The van der Waals surface area contributed by atoms with E-state index in [0.29, 0.717) is 22.3 Å². The van der Waals surface area contributed by atoms with Crippen molar-refractivity contribution in [3.63, 3.8) is 0 Å². The first-order valence-electron chi connectivity index (χ1n) is 8.80. The molecule has 30 heavy (non-hydrogen) atoms. The molecule has 0 unspecified atom stereocenters. The number of carbonyl (C=O) groups is 2. The summed E-state index contributed by atoms with van der Waals surface area (Å²) in [6.07, 6.45) is 3.13. The van der Waals surface area contributed by atoms with Crippen LogP contribution in [-0.2, 0) is 4.79 Å². The van der Waals surface area contributed by atoms with E-state index in [1.165, 1.54) is 17.6 Å². The van der Waals surface area contributed by atoms with Crippen LogP contribution in [0.1, 0.15) is 15.2 Å². The summed E-state index contributed by atoms with van der Waals surface area (Å²) >= 11 is 11.0. The number of nitrogens with one attached hydrogen (secondary N) is 2. The molecule has 3 rings (SSSR count). The Morgan fingerprint density at radius 2 is 2.07 bits per heavy atom. The molecule has 154 valence electrons. The third kappa shape index (κ3) is 5.47. The second-order valence-corrected chi connectivity index (χ2v) is 8.28. The molecule has 2 aromatic carbocycles. The molecule has 1 heterocycles. The third-order valence-electron chi connectivity index (χ3n) is 3.88. The van der Waals surface area contributed by atoms with Gasteiger partial charge in [-0.1, -0.05) is 58.4 Å². The van der Waals surface area contributed by atoms with Crippen molar-refractivity contribution in [2.75, 3.05) is 13.2 Å². The summed E-state index contributed by atoms with van der Waals surface area (Å²) in [6.45, 7) is 3.76. The quantitative estimate of drug-likeness (QED) is 0.263. The molecule has 0 radical (unpaired) electrons. The average Bonchev–Trinajstić information content (AvgIpc) is 3.09. The second kappa shape index (κ2) is 10.4. The lowest BCUT2D eigenvalue weighted by molar-refractivity contribution is -0.120. The zero-order valence-corrected chi connectivity index (χ0v) is 18.8. The van der Waals surface area contributed by atoms with Crippen LogP contribution in [-0.4, -0.2) is 31.2 Å². The van der Waals surface area contributed by atoms with Gasteiger partial charge in [-0.2, -0.15) is 5.10 Å². The van der Waals surface area contributed by atoms with Gasteiger partial charge in [-0.15, -0.1) is 11.3 Å². The Kier molecular flexibility index (Phi) is 7.62. The average molecular weight is 507 g/mol. The molecule has 0 bridgehead atoms. The van der Waals surface area contributed by atoms with Gasteiger partial charge in [-0.3, -0.25) is 9.59 Å². The molecular weight excluding hydrogens is 490 g/mol. The topological polar surface area (TPSA) is 79.8 Å². The summed E-state index contributed by atoms with van der Waals surface area (Å²) in [4.78, 5) is 24.7. The Morgan fingerprint density at radius 3 is 2.83 bits per heavy atom. The molecule has 0 saturated heterocycles. The minimum absolute atomic E-state index is 0.232. The molecule has 1 aromatic heterocycles. The van der Waals surface area contributed by atoms with Crippen molar-refractivity contribution in [1.29, 1.82) is 0 Å². The highest BCUT2D eigenvalue weighted by Gasteiger charge is 2.17. The first-order chi connectivity index (χ1) is 14.5. The monoisotopic (exact) mass is 505 g/mol. The SMILES string of the molecule is C=CCOc1ccc(Br)c(C=NNC(=O)CNC(=O)c2sc3ccccc3c2Cl)c1. The molecule has 0 aliphatic heterocycles. The van der Waals surface area contributed by atoms with E-state index in [0.717, 1.165) is 20.1 Å². The fraction of sp³-hybridized carbons (Fsp3) is 0.0952. The van der Waals surface area contributed by atoms with E-state index in [1.807, 2.05) is 30.3 Å². The maximum atomic E-state index is 12.4. The van der Waals surface area contributed by atoms with Gasteiger partial charge >= 0.3 is 0 Å². The van der Waals surface area contributed by atoms with E-state index in [2.05, 4.69) is 38.4 Å². The maximum absolute atomic E-state index is 12.4. The summed E-state index contributed by atoms with van der Waals surface area (Å²) in [6, 6.07) is 12.9. The Balaban J connectivity index is 1.55. The Morgan fingerprint density at radius 1 is 1.27 bits per heavy atom. The molecule has 0 aliphatic rings. The van der Waals surface area contributed by atoms with Crippen LogP contribution < -0.4 is 15.5 Å². The zero-order chi connectivity index (χ0) is 21.5. The fourth-order valence-corrected chi connectivity index (χ4v) is 4.26. The van der Waals surface area contributed by atoms with Gasteiger partial charge in [0.15, 0.2) is 0 Å². The van der Waals surface area contributed by atoms with Gasteiger partial charge in [0.1, 0.15) is 17.2 Å². The smallest absolute Gasteiger partial charge is 0.263 e. The first-order valence-corrected chi connectivity index (χ1v) is 10.8. The predicted octanol–water partition coefficient (Wildman–Crippen LogP) is 4.76. The second-order valence-electron chi connectivity index (χ2n) is 6.00. The summed E-state index contributed by atoms with van der Waals surface area (Å²) in [5.74, 6) is -0.222. The van der Waals surface area contributed by atoms with Crippen molar-refractivity contribution in [3.05, 3.63) is 75.1 Å². The number of thiophene rings is 1. The number of amides is 2. The number of nitrogens with zero attached hydrogens (tertiary/aromatic N) is 1. The predicted molar refractivity (Wildman–Crippen MR) is 125 cm³/mol. The van der Waals surface area contributed by atoms with E-state index in [9.17, 15) is 9.59 Å². The molecule has 3 aromatic rings. The van der Waals surface area contributed by atoms with Crippen molar-refractivity contribution < 1.29 is 14.3 Å². The minimum Gasteiger partial charge on any atom is -0.490 e. The van der Waals surface area contributed by atoms with Crippen molar-refractivity contribution in [3.8, 4) is 5.75 Å². The van der Waals surface area contributed by atoms with Gasteiger partial charge in [0.25, 0.3) is 11.8 Å². The van der Waals surface area contributed by atoms with E-state index in [-0.39, 0.29) is 6.54 Å². The molecule has 6 nitrogen and oxygen atoms in total. The Hall–Kier alpha value is -2.68. The van der Waals surface area contributed by atoms with Gasteiger partial charge in [0.05, 0.1) is 17.8 Å².